The first-order valence-electron chi connectivity index (χ1n) is 5.27. The van der Waals surface area contributed by atoms with Gasteiger partial charge in [0, 0.05) is 17.4 Å². The van der Waals surface area contributed by atoms with Gasteiger partial charge in [-0.2, -0.15) is 0 Å². The number of hydrogen-bond acceptors (Lipinski definition) is 4. The SMILES string of the molecule is O=C(Nc1c(Cl)cc(Cl)cc1C(=O)O)c1cncnc1. The van der Waals surface area contributed by atoms with Gasteiger partial charge in [0.2, 0.25) is 0 Å². The van der Waals surface area contributed by atoms with Crippen molar-refractivity contribution in [1.82, 2.24) is 9.97 Å². The minimum Gasteiger partial charge on any atom is -0.478 e. The van der Waals surface area contributed by atoms with Crippen LogP contribution in [0.3, 0.4) is 0 Å². The molecule has 0 bridgehead atoms. The Labute approximate surface area is 123 Å². The second-order valence-corrected chi connectivity index (χ2v) is 4.54. The van der Waals surface area contributed by atoms with Crippen molar-refractivity contribution < 1.29 is 14.7 Å². The molecule has 0 aliphatic heterocycles. The van der Waals surface area contributed by atoms with Crippen LogP contribution in [0.15, 0.2) is 30.9 Å². The quantitative estimate of drug-likeness (QED) is 0.909. The predicted octanol–water partition coefficient (Wildman–Crippen LogP) is 2.73. The zero-order valence-electron chi connectivity index (χ0n) is 9.80. The molecule has 0 fully saturated rings. The van der Waals surface area contributed by atoms with Crippen LogP contribution in [0.4, 0.5) is 5.69 Å². The van der Waals surface area contributed by atoms with E-state index in [0.29, 0.717) is 0 Å². The van der Waals surface area contributed by atoms with Crippen LogP contribution in [-0.4, -0.2) is 27.0 Å². The molecule has 0 spiro atoms. The number of nitrogens with one attached hydrogen (secondary N) is 1. The lowest BCUT2D eigenvalue weighted by molar-refractivity contribution is 0.0698. The number of carbonyl (C=O) groups is 2. The second kappa shape index (κ2) is 5.85. The number of rotatable bonds is 3. The van der Waals surface area contributed by atoms with Crippen LogP contribution in [0, 0.1) is 0 Å². The Morgan fingerprint density at radius 3 is 2.40 bits per heavy atom. The summed E-state index contributed by atoms with van der Waals surface area (Å²) in [4.78, 5) is 30.5. The van der Waals surface area contributed by atoms with E-state index in [1.165, 1.54) is 30.9 Å². The minimum atomic E-state index is -1.26. The number of carboxylic acids is 1. The Bertz CT molecular complexity index is 677. The number of carboxylic acid groups (broad SMARTS) is 1. The van der Waals surface area contributed by atoms with Crippen LogP contribution < -0.4 is 5.32 Å². The average molecular weight is 312 g/mol. The summed E-state index contributed by atoms with van der Waals surface area (Å²) >= 11 is 11.7. The molecule has 1 aromatic carbocycles. The van der Waals surface area contributed by atoms with E-state index in [1.54, 1.807) is 0 Å². The molecule has 0 saturated heterocycles. The molecule has 1 aromatic heterocycles. The van der Waals surface area contributed by atoms with Crippen LogP contribution >= 0.6 is 23.2 Å². The van der Waals surface area contributed by atoms with E-state index in [4.69, 9.17) is 28.3 Å². The number of hydrogen-bond donors (Lipinski definition) is 2. The Morgan fingerprint density at radius 2 is 1.80 bits per heavy atom. The lowest BCUT2D eigenvalue weighted by Gasteiger charge is -2.10. The highest BCUT2D eigenvalue weighted by molar-refractivity contribution is 6.38. The molecule has 0 atom stereocenters. The number of aromatic nitrogens is 2. The number of benzene rings is 1. The van der Waals surface area contributed by atoms with Crippen LogP contribution in [-0.2, 0) is 0 Å². The molecule has 1 heterocycles. The minimum absolute atomic E-state index is 0.0279. The van der Waals surface area contributed by atoms with Crippen molar-refractivity contribution in [3.8, 4) is 0 Å². The Morgan fingerprint density at radius 1 is 1.15 bits per heavy atom. The van der Waals surface area contributed by atoms with E-state index < -0.39 is 11.9 Å². The summed E-state index contributed by atoms with van der Waals surface area (Å²) < 4.78 is 0. The van der Waals surface area contributed by atoms with Gasteiger partial charge in [0.05, 0.1) is 21.8 Å². The van der Waals surface area contributed by atoms with Crippen molar-refractivity contribution >= 4 is 40.8 Å². The molecule has 0 aliphatic carbocycles. The van der Waals surface area contributed by atoms with Crippen molar-refractivity contribution in [1.29, 1.82) is 0 Å². The summed E-state index contributed by atoms with van der Waals surface area (Å²) in [6.07, 6.45) is 3.87. The molecule has 102 valence electrons. The maximum atomic E-state index is 12.0. The van der Waals surface area contributed by atoms with E-state index in [9.17, 15) is 9.59 Å². The van der Waals surface area contributed by atoms with Gasteiger partial charge in [0.1, 0.15) is 6.33 Å². The monoisotopic (exact) mass is 311 g/mol. The fourth-order valence-corrected chi connectivity index (χ4v) is 2.01. The molecule has 0 radical (unpaired) electrons. The lowest BCUT2D eigenvalue weighted by atomic mass is 10.1. The normalized spacial score (nSPS) is 10.1. The molecule has 8 heteroatoms. The van der Waals surface area contributed by atoms with Crippen molar-refractivity contribution in [3.63, 3.8) is 0 Å². The Balaban J connectivity index is 2.39. The molecule has 2 aromatic rings. The molecular formula is C12H7Cl2N3O3. The van der Waals surface area contributed by atoms with Crippen LogP contribution in [0.1, 0.15) is 20.7 Å². The summed E-state index contributed by atoms with van der Waals surface area (Å²) in [6.45, 7) is 0. The summed E-state index contributed by atoms with van der Waals surface area (Å²) in [5.41, 5.74) is -0.0556. The van der Waals surface area contributed by atoms with Gasteiger partial charge >= 0.3 is 5.97 Å². The van der Waals surface area contributed by atoms with Gasteiger partial charge in [-0.15, -0.1) is 0 Å². The highest BCUT2D eigenvalue weighted by Gasteiger charge is 2.18. The highest BCUT2D eigenvalue weighted by atomic mass is 35.5. The zero-order valence-corrected chi connectivity index (χ0v) is 11.3. The molecular weight excluding hydrogens is 305 g/mol. The maximum Gasteiger partial charge on any atom is 0.337 e. The molecule has 20 heavy (non-hydrogen) atoms. The number of carbonyl (C=O) groups excluding carboxylic acids is 1. The fraction of sp³-hybridized carbons (Fsp3) is 0. The number of aromatic carboxylic acids is 1. The van der Waals surface area contributed by atoms with Gasteiger partial charge in [-0.1, -0.05) is 23.2 Å². The van der Waals surface area contributed by atoms with E-state index in [0.717, 1.165) is 0 Å². The summed E-state index contributed by atoms with van der Waals surface area (Å²) in [6, 6.07) is 2.54. The first-order chi connectivity index (χ1) is 9.49. The van der Waals surface area contributed by atoms with Gasteiger partial charge in [0.15, 0.2) is 0 Å². The fourth-order valence-electron chi connectivity index (χ4n) is 1.47. The molecule has 0 unspecified atom stereocenters. The van der Waals surface area contributed by atoms with Crippen LogP contribution in [0.25, 0.3) is 0 Å². The molecule has 1 amide bonds. The molecule has 0 aliphatic rings. The number of nitrogens with zero attached hydrogens (tertiary/aromatic N) is 2. The molecule has 2 N–H and O–H groups in total. The van der Waals surface area contributed by atoms with Gasteiger partial charge in [0.25, 0.3) is 5.91 Å². The van der Waals surface area contributed by atoms with E-state index in [2.05, 4.69) is 15.3 Å². The topological polar surface area (TPSA) is 92.2 Å². The van der Waals surface area contributed by atoms with Crippen molar-refractivity contribution in [2.75, 3.05) is 5.32 Å². The third-order valence-corrected chi connectivity index (χ3v) is 2.86. The predicted molar refractivity (Wildman–Crippen MR) is 73.4 cm³/mol. The smallest absolute Gasteiger partial charge is 0.337 e. The first-order valence-corrected chi connectivity index (χ1v) is 6.03. The average Bonchev–Trinajstić information content (AvgIpc) is 2.42. The second-order valence-electron chi connectivity index (χ2n) is 3.70. The van der Waals surface area contributed by atoms with Crippen molar-refractivity contribution in [2.45, 2.75) is 0 Å². The summed E-state index contributed by atoms with van der Waals surface area (Å²) in [5, 5.41) is 11.7. The van der Waals surface area contributed by atoms with Crippen LogP contribution in [0.5, 0.6) is 0 Å². The van der Waals surface area contributed by atoms with E-state index >= 15 is 0 Å². The van der Waals surface area contributed by atoms with E-state index in [1.807, 2.05) is 0 Å². The maximum absolute atomic E-state index is 12.0. The highest BCUT2D eigenvalue weighted by Crippen LogP contribution is 2.30. The number of amides is 1. The zero-order chi connectivity index (χ0) is 14.7. The van der Waals surface area contributed by atoms with Crippen molar-refractivity contribution in [3.05, 3.63) is 52.0 Å². The molecule has 2 rings (SSSR count). The van der Waals surface area contributed by atoms with Crippen molar-refractivity contribution in [2.24, 2.45) is 0 Å². The van der Waals surface area contributed by atoms with Gasteiger partial charge in [-0.05, 0) is 12.1 Å². The lowest BCUT2D eigenvalue weighted by Crippen LogP contribution is -2.15. The Kier molecular flexibility index (Phi) is 4.16. The van der Waals surface area contributed by atoms with Gasteiger partial charge in [-0.3, -0.25) is 4.79 Å². The number of anilines is 1. The Hall–Kier alpha value is -2.18. The largest absolute Gasteiger partial charge is 0.478 e. The summed E-state index contributed by atoms with van der Waals surface area (Å²) in [7, 11) is 0. The molecule has 0 saturated carbocycles. The van der Waals surface area contributed by atoms with Gasteiger partial charge < -0.3 is 10.4 Å². The third kappa shape index (κ3) is 3.04. The molecule has 6 nitrogen and oxygen atoms in total. The standard InChI is InChI=1S/C12H7Cl2N3O3/c13-7-1-8(12(19)20)10(9(14)2-7)17-11(18)6-3-15-5-16-4-6/h1-5H,(H,17,18)(H,19,20). The summed E-state index contributed by atoms with van der Waals surface area (Å²) in [5.74, 6) is -1.83. The van der Waals surface area contributed by atoms with Crippen LogP contribution in [0.2, 0.25) is 10.0 Å². The van der Waals surface area contributed by atoms with Gasteiger partial charge in [-0.25, -0.2) is 14.8 Å². The number of halogens is 2. The van der Waals surface area contributed by atoms with E-state index in [-0.39, 0.29) is 26.9 Å². The third-order valence-electron chi connectivity index (χ3n) is 2.35. The first kappa shape index (κ1) is 14.2.